The van der Waals surface area contributed by atoms with Gasteiger partial charge in [0.05, 0.1) is 12.6 Å². The second-order valence-electron chi connectivity index (χ2n) is 9.04. The van der Waals surface area contributed by atoms with E-state index < -0.39 is 23.4 Å². The molecule has 0 aliphatic carbocycles. The molecule has 9 nitrogen and oxygen atoms in total. The highest BCUT2D eigenvalue weighted by Crippen LogP contribution is 2.18. The SMILES string of the molecule is Cc1c(N2CCNCC2)c(=O)n(C[C@H](NC(=O)OC(C)(C)C)c2ccccc2)c(=O)n1C. The fourth-order valence-electron chi connectivity index (χ4n) is 3.82. The molecule has 1 aliphatic rings. The fourth-order valence-corrected chi connectivity index (χ4v) is 3.82. The maximum atomic E-state index is 13.5. The third-order valence-corrected chi connectivity index (χ3v) is 5.50. The first-order valence-electron chi connectivity index (χ1n) is 10.9. The van der Waals surface area contributed by atoms with Crippen molar-refractivity contribution >= 4 is 11.8 Å². The number of hydrogen-bond acceptors (Lipinski definition) is 6. The highest BCUT2D eigenvalue weighted by atomic mass is 16.6. The van der Waals surface area contributed by atoms with Gasteiger partial charge in [0.25, 0.3) is 5.56 Å². The zero-order chi connectivity index (χ0) is 23.5. The van der Waals surface area contributed by atoms with Crippen LogP contribution in [0.15, 0.2) is 39.9 Å². The van der Waals surface area contributed by atoms with Crippen LogP contribution in [0.3, 0.4) is 0 Å². The Hall–Kier alpha value is -3.07. The molecular weight excluding hydrogens is 410 g/mol. The molecule has 0 bridgehead atoms. The van der Waals surface area contributed by atoms with E-state index in [1.54, 1.807) is 34.7 Å². The second-order valence-corrected chi connectivity index (χ2v) is 9.04. The normalized spacial score (nSPS) is 15.3. The van der Waals surface area contributed by atoms with E-state index in [4.69, 9.17) is 4.74 Å². The first-order valence-corrected chi connectivity index (χ1v) is 10.9. The predicted octanol–water partition coefficient (Wildman–Crippen LogP) is 1.53. The summed E-state index contributed by atoms with van der Waals surface area (Å²) in [6, 6.07) is 8.65. The average molecular weight is 444 g/mol. The minimum Gasteiger partial charge on any atom is -0.444 e. The molecule has 0 radical (unpaired) electrons. The molecule has 1 fully saturated rings. The number of anilines is 1. The highest BCUT2D eigenvalue weighted by molar-refractivity contribution is 5.68. The third-order valence-electron chi connectivity index (χ3n) is 5.50. The van der Waals surface area contributed by atoms with Crippen LogP contribution in [-0.4, -0.2) is 47.0 Å². The van der Waals surface area contributed by atoms with Gasteiger partial charge < -0.3 is 20.3 Å². The molecule has 2 N–H and O–H groups in total. The van der Waals surface area contributed by atoms with Gasteiger partial charge in [-0.25, -0.2) is 9.59 Å². The van der Waals surface area contributed by atoms with Gasteiger partial charge in [0.15, 0.2) is 0 Å². The van der Waals surface area contributed by atoms with Gasteiger partial charge in [-0.15, -0.1) is 0 Å². The monoisotopic (exact) mass is 443 g/mol. The fraction of sp³-hybridized carbons (Fsp3) is 0.522. The molecule has 2 heterocycles. The first-order chi connectivity index (χ1) is 15.1. The number of ether oxygens (including phenoxy) is 1. The number of hydrogen-bond donors (Lipinski definition) is 2. The minimum atomic E-state index is -0.669. The summed E-state index contributed by atoms with van der Waals surface area (Å²) >= 11 is 0. The van der Waals surface area contributed by atoms with Crippen molar-refractivity contribution in [1.29, 1.82) is 0 Å². The van der Waals surface area contributed by atoms with Crippen LogP contribution in [0.1, 0.15) is 38.1 Å². The molecule has 1 atom stereocenters. The maximum Gasteiger partial charge on any atom is 0.408 e. The number of nitrogens with zero attached hydrogens (tertiary/aromatic N) is 3. The third kappa shape index (κ3) is 5.40. The summed E-state index contributed by atoms with van der Waals surface area (Å²) in [4.78, 5) is 41.1. The van der Waals surface area contributed by atoms with Crippen molar-refractivity contribution < 1.29 is 9.53 Å². The second kappa shape index (κ2) is 9.60. The largest absolute Gasteiger partial charge is 0.444 e. The number of rotatable bonds is 5. The van der Waals surface area contributed by atoms with E-state index in [0.717, 1.165) is 18.7 Å². The summed E-state index contributed by atoms with van der Waals surface area (Å²) < 4.78 is 8.12. The predicted molar refractivity (Wildman–Crippen MR) is 124 cm³/mol. The van der Waals surface area contributed by atoms with E-state index in [0.29, 0.717) is 24.5 Å². The number of nitrogens with one attached hydrogen (secondary N) is 2. The summed E-state index contributed by atoms with van der Waals surface area (Å²) in [5, 5.41) is 6.11. The Morgan fingerprint density at radius 2 is 1.78 bits per heavy atom. The lowest BCUT2D eigenvalue weighted by atomic mass is 10.1. The number of benzene rings is 1. The summed E-state index contributed by atoms with van der Waals surface area (Å²) in [6.45, 7) is 10.0. The molecule has 1 aromatic heterocycles. The molecule has 1 amide bonds. The molecule has 9 heteroatoms. The van der Waals surface area contributed by atoms with Crippen LogP contribution in [0.4, 0.5) is 10.5 Å². The van der Waals surface area contributed by atoms with Crippen LogP contribution in [0, 0.1) is 6.92 Å². The van der Waals surface area contributed by atoms with Crippen LogP contribution < -0.4 is 26.8 Å². The lowest BCUT2D eigenvalue weighted by Gasteiger charge is -2.31. The standard InChI is InChI=1S/C23H33N5O4/c1-16-19(27-13-11-24-12-14-27)20(29)28(22(31)26(16)5)15-18(17-9-7-6-8-10-17)25-21(30)32-23(2,3)4/h6-10,18,24H,11-15H2,1-5H3,(H,25,30)/t18-/m0/s1. The van der Waals surface area contributed by atoms with E-state index in [1.807, 2.05) is 35.2 Å². The maximum absolute atomic E-state index is 13.5. The van der Waals surface area contributed by atoms with Crippen molar-refractivity contribution in [1.82, 2.24) is 19.8 Å². The van der Waals surface area contributed by atoms with Crippen LogP contribution in [-0.2, 0) is 18.3 Å². The van der Waals surface area contributed by atoms with Gasteiger partial charge in [0, 0.05) is 38.9 Å². The van der Waals surface area contributed by atoms with Gasteiger partial charge >= 0.3 is 11.8 Å². The number of aromatic nitrogens is 2. The van der Waals surface area contributed by atoms with Crippen molar-refractivity contribution in [2.45, 2.75) is 45.9 Å². The van der Waals surface area contributed by atoms with E-state index in [-0.39, 0.29) is 12.1 Å². The quantitative estimate of drug-likeness (QED) is 0.728. The van der Waals surface area contributed by atoms with E-state index in [9.17, 15) is 14.4 Å². The first kappa shape index (κ1) is 23.6. The van der Waals surface area contributed by atoms with Crippen molar-refractivity contribution in [3.8, 4) is 0 Å². The number of carbonyl (C=O) groups excluding carboxylic acids is 1. The minimum absolute atomic E-state index is 0.00582. The average Bonchev–Trinajstić information content (AvgIpc) is 2.74. The van der Waals surface area contributed by atoms with Gasteiger partial charge in [-0.1, -0.05) is 30.3 Å². The summed E-state index contributed by atoms with van der Waals surface area (Å²) in [5.74, 6) is 0. The number of piperazine rings is 1. The topological polar surface area (TPSA) is 97.6 Å². The molecule has 3 rings (SSSR count). The van der Waals surface area contributed by atoms with Gasteiger partial charge in [0.1, 0.15) is 11.3 Å². The van der Waals surface area contributed by atoms with Gasteiger partial charge in [-0.3, -0.25) is 13.9 Å². The van der Waals surface area contributed by atoms with E-state index in [1.165, 1.54) is 9.13 Å². The molecular formula is C23H33N5O4. The smallest absolute Gasteiger partial charge is 0.408 e. The van der Waals surface area contributed by atoms with Crippen molar-refractivity contribution in [3.05, 3.63) is 62.4 Å². The summed E-state index contributed by atoms with van der Waals surface area (Å²) in [7, 11) is 1.66. The highest BCUT2D eigenvalue weighted by Gasteiger charge is 2.25. The zero-order valence-corrected chi connectivity index (χ0v) is 19.5. The van der Waals surface area contributed by atoms with Crippen LogP contribution >= 0.6 is 0 Å². The summed E-state index contributed by atoms with van der Waals surface area (Å²) in [6.07, 6.45) is -0.606. The molecule has 32 heavy (non-hydrogen) atoms. The van der Waals surface area contributed by atoms with Gasteiger partial charge in [-0.05, 0) is 33.3 Å². The molecule has 2 aromatic rings. The molecule has 1 aliphatic heterocycles. The van der Waals surface area contributed by atoms with E-state index in [2.05, 4.69) is 10.6 Å². The molecule has 0 spiro atoms. The Bertz CT molecular complexity index is 1060. The Balaban J connectivity index is 2.02. The summed E-state index contributed by atoms with van der Waals surface area (Å²) in [5.41, 5.74) is 0.499. The van der Waals surface area contributed by atoms with Crippen molar-refractivity contribution in [3.63, 3.8) is 0 Å². The van der Waals surface area contributed by atoms with Crippen LogP contribution in [0.5, 0.6) is 0 Å². The molecule has 1 aromatic carbocycles. The number of alkyl carbamates (subject to hydrolysis) is 1. The Kier molecular flexibility index (Phi) is 7.08. The lowest BCUT2D eigenvalue weighted by molar-refractivity contribution is 0.0497. The Morgan fingerprint density at radius 1 is 1.16 bits per heavy atom. The number of carbonyl (C=O) groups is 1. The Morgan fingerprint density at radius 3 is 2.38 bits per heavy atom. The number of amides is 1. The lowest BCUT2D eigenvalue weighted by Crippen LogP contribution is -2.50. The van der Waals surface area contributed by atoms with Crippen LogP contribution in [0.2, 0.25) is 0 Å². The molecule has 0 unspecified atom stereocenters. The molecule has 1 saturated heterocycles. The zero-order valence-electron chi connectivity index (χ0n) is 19.5. The molecule has 0 saturated carbocycles. The van der Waals surface area contributed by atoms with Crippen molar-refractivity contribution in [2.24, 2.45) is 7.05 Å². The van der Waals surface area contributed by atoms with Gasteiger partial charge in [0.2, 0.25) is 0 Å². The molecule has 174 valence electrons. The van der Waals surface area contributed by atoms with Gasteiger partial charge in [-0.2, -0.15) is 0 Å². The van der Waals surface area contributed by atoms with Crippen molar-refractivity contribution in [2.75, 3.05) is 31.1 Å². The Labute approximate surface area is 188 Å². The van der Waals surface area contributed by atoms with E-state index >= 15 is 0 Å². The van der Waals surface area contributed by atoms with Crippen LogP contribution in [0.25, 0.3) is 0 Å².